The lowest BCUT2D eigenvalue weighted by Gasteiger charge is -2.11. The van der Waals surface area contributed by atoms with Gasteiger partial charge in [0.1, 0.15) is 10.5 Å². The molecule has 0 spiro atoms. The van der Waals surface area contributed by atoms with E-state index in [1.807, 2.05) is 0 Å². The highest BCUT2D eigenvalue weighted by molar-refractivity contribution is 9.11. The highest BCUT2D eigenvalue weighted by Crippen LogP contribution is 2.23. The molecular weight excluding hydrogens is 220 g/mol. The minimum absolute atomic E-state index is 0.606. The normalized spacial score (nSPS) is 13.1. The van der Waals surface area contributed by atoms with E-state index in [2.05, 4.69) is 36.7 Å². The highest BCUT2D eigenvalue weighted by Gasteiger charge is 2.05. The Kier molecular flexibility index (Phi) is 6.19. The molecule has 0 fully saturated rings. The van der Waals surface area contributed by atoms with E-state index in [4.69, 9.17) is 4.43 Å². The fourth-order valence-electron chi connectivity index (χ4n) is 0.914. The largest absolute Gasteiger partial charge is 0.428 e. The lowest BCUT2D eigenvalue weighted by atomic mass is 10.1. The van der Waals surface area contributed by atoms with Crippen LogP contribution in [0.15, 0.2) is 10.1 Å². The van der Waals surface area contributed by atoms with Crippen molar-refractivity contribution in [1.82, 2.24) is 0 Å². The summed E-state index contributed by atoms with van der Waals surface area (Å²) in [6.07, 6.45) is 1.12. The van der Waals surface area contributed by atoms with Crippen LogP contribution < -0.4 is 0 Å². The molecule has 0 saturated heterocycles. The molecule has 0 aliphatic carbocycles. The van der Waals surface area contributed by atoms with Crippen LogP contribution in [0.1, 0.15) is 27.2 Å². The van der Waals surface area contributed by atoms with Crippen LogP contribution in [0, 0.1) is 5.92 Å². The summed E-state index contributed by atoms with van der Waals surface area (Å²) < 4.78 is 6.47. The summed E-state index contributed by atoms with van der Waals surface area (Å²) in [5, 5.41) is 0. The number of hydrogen-bond acceptors (Lipinski definition) is 1. The van der Waals surface area contributed by atoms with Crippen molar-refractivity contribution in [3.05, 3.63) is 10.1 Å². The molecule has 1 atom stereocenters. The van der Waals surface area contributed by atoms with Gasteiger partial charge in [0.2, 0.25) is 0 Å². The van der Waals surface area contributed by atoms with Crippen molar-refractivity contribution in [1.29, 1.82) is 0 Å². The van der Waals surface area contributed by atoms with Crippen molar-refractivity contribution in [2.45, 2.75) is 27.2 Å². The summed E-state index contributed by atoms with van der Waals surface area (Å²) in [6, 6.07) is 0. The molecule has 0 bridgehead atoms. The van der Waals surface area contributed by atoms with Crippen molar-refractivity contribution in [2.24, 2.45) is 5.92 Å². The van der Waals surface area contributed by atoms with Crippen molar-refractivity contribution in [3.63, 3.8) is 0 Å². The van der Waals surface area contributed by atoms with Crippen LogP contribution in [0.5, 0.6) is 0 Å². The molecule has 0 radical (unpaired) electrons. The van der Waals surface area contributed by atoms with Gasteiger partial charge in [0.05, 0.1) is 0 Å². The molecule has 0 saturated carbocycles. The standard InChI is InChI=1S/C8H17BrOSi/c1-6(2)8(9)7(3)4-5-10-11/h7H,4-5H2,1-3,11H3. The van der Waals surface area contributed by atoms with Crippen molar-refractivity contribution in [2.75, 3.05) is 6.61 Å². The summed E-state index contributed by atoms with van der Waals surface area (Å²) in [4.78, 5) is 0. The molecule has 0 amide bonds. The fourth-order valence-corrected chi connectivity index (χ4v) is 1.38. The molecule has 0 N–H and O–H groups in total. The Bertz CT molecular complexity index is 141. The predicted molar refractivity (Wildman–Crippen MR) is 57.0 cm³/mol. The van der Waals surface area contributed by atoms with E-state index in [0.29, 0.717) is 5.92 Å². The first-order valence-electron chi connectivity index (χ1n) is 3.91. The Hall–Kier alpha value is 0.397. The van der Waals surface area contributed by atoms with Crippen LogP contribution in [0.25, 0.3) is 0 Å². The van der Waals surface area contributed by atoms with Crippen LogP contribution >= 0.6 is 15.9 Å². The van der Waals surface area contributed by atoms with E-state index >= 15 is 0 Å². The summed E-state index contributed by atoms with van der Waals surface area (Å²) in [7, 11) is 0.855. The first-order valence-corrected chi connectivity index (χ1v) is 5.52. The van der Waals surface area contributed by atoms with Gasteiger partial charge < -0.3 is 4.43 Å². The Morgan fingerprint density at radius 1 is 1.55 bits per heavy atom. The van der Waals surface area contributed by atoms with Crippen molar-refractivity contribution >= 4 is 26.4 Å². The molecule has 1 unspecified atom stereocenters. The topological polar surface area (TPSA) is 9.23 Å². The van der Waals surface area contributed by atoms with Gasteiger partial charge in [-0.05, 0) is 30.7 Å². The minimum Gasteiger partial charge on any atom is -0.428 e. The average Bonchev–Trinajstić information content (AvgIpc) is 1.98. The molecule has 0 aliphatic rings. The van der Waals surface area contributed by atoms with Gasteiger partial charge in [-0.25, -0.2) is 0 Å². The van der Waals surface area contributed by atoms with Crippen LogP contribution in [0.2, 0.25) is 0 Å². The molecule has 11 heavy (non-hydrogen) atoms. The van der Waals surface area contributed by atoms with Crippen LogP contribution in [0.4, 0.5) is 0 Å². The maximum Gasteiger partial charge on any atom is 0.145 e. The van der Waals surface area contributed by atoms with Crippen LogP contribution in [-0.2, 0) is 4.43 Å². The van der Waals surface area contributed by atoms with Gasteiger partial charge in [-0.1, -0.05) is 28.4 Å². The monoisotopic (exact) mass is 236 g/mol. The van der Waals surface area contributed by atoms with E-state index in [0.717, 1.165) is 23.5 Å². The second kappa shape index (κ2) is 5.97. The first kappa shape index (κ1) is 11.4. The van der Waals surface area contributed by atoms with E-state index in [1.165, 1.54) is 10.1 Å². The van der Waals surface area contributed by atoms with Gasteiger partial charge in [-0.3, -0.25) is 0 Å². The van der Waals surface area contributed by atoms with E-state index in [9.17, 15) is 0 Å². The molecule has 0 aromatic rings. The van der Waals surface area contributed by atoms with E-state index in [1.54, 1.807) is 0 Å². The zero-order valence-corrected chi connectivity index (χ0v) is 11.4. The average molecular weight is 237 g/mol. The smallest absolute Gasteiger partial charge is 0.145 e. The quantitative estimate of drug-likeness (QED) is 0.679. The van der Waals surface area contributed by atoms with Gasteiger partial charge in [0.15, 0.2) is 0 Å². The van der Waals surface area contributed by atoms with Crippen molar-refractivity contribution in [3.8, 4) is 0 Å². The second-order valence-corrected chi connectivity index (χ2v) is 4.46. The van der Waals surface area contributed by atoms with E-state index < -0.39 is 0 Å². The SMILES string of the molecule is CC(C)=C(Br)C(C)CCO[SiH3]. The van der Waals surface area contributed by atoms with Crippen molar-refractivity contribution < 1.29 is 4.43 Å². The first-order chi connectivity index (χ1) is 5.09. The summed E-state index contributed by atoms with van der Waals surface area (Å²) >= 11 is 3.57. The Morgan fingerprint density at radius 3 is 2.45 bits per heavy atom. The third-order valence-corrected chi connectivity index (χ3v) is 3.65. The summed E-state index contributed by atoms with van der Waals surface area (Å²) in [5.74, 6) is 0.606. The van der Waals surface area contributed by atoms with E-state index in [-0.39, 0.29) is 0 Å². The van der Waals surface area contributed by atoms with Gasteiger partial charge in [0, 0.05) is 6.61 Å². The van der Waals surface area contributed by atoms with Gasteiger partial charge >= 0.3 is 0 Å². The Balaban J connectivity index is 3.83. The summed E-state index contributed by atoms with van der Waals surface area (Å²) in [6.45, 7) is 7.37. The molecule has 0 aliphatic heterocycles. The van der Waals surface area contributed by atoms with Crippen LogP contribution in [-0.4, -0.2) is 17.1 Å². The zero-order valence-electron chi connectivity index (χ0n) is 7.78. The second-order valence-electron chi connectivity index (χ2n) is 3.03. The maximum absolute atomic E-state index is 5.14. The molecule has 0 rings (SSSR count). The van der Waals surface area contributed by atoms with Gasteiger partial charge in [0.25, 0.3) is 0 Å². The Morgan fingerprint density at radius 2 is 2.09 bits per heavy atom. The number of allylic oxidation sites excluding steroid dienone is 2. The zero-order chi connectivity index (χ0) is 8.85. The van der Waals surface area contributed by atoms with Gasteiger partial charge in [-0.2, -0.15) is 0 Å². The number of halogens is 1. The fraction of sp³-hybridized carbons (Fsp3) is 0.750. The lowest BCUT2D eigenvalue weighted by Crippen LogP contribution is -2.01. The lowest BCUT2D eigenvalue weighted by molar-refractivity contribution is 0.322. The molecule has 0 aromatic carbocycles. The number of hydrogen-bond donors (Lipinski definition) is 0. The Labute approximate surface area is 80.9 Å². The summed E-state index contributed by atoms with van der Waals surface area (Å²) in [5.41, 5.74) is 1.37. The molecular formula is C8H17BrOSi. The third-order valence-electron chi connectivity index (χ3n) is 1.67. The third kappa shape index (κ3) is 4.77. The predicted octanol–water partition coefficient (Wildman–Crippen LogP) is 2.00. The molecule has 3 heteroatoms. The van der Waals surface area contributed by atoms with Crippen LogP contribution in [0.3, 0.4) is 0 Å². The van der Waals surface area contributed by atoms with Gasteiger partial charge in [-0.15, -0.1) is 0 Å². The minimum atomic E-state index is 0.606. The molecule has 0 aromatic heterocycles. The molecule has 66 valence electrons. The highest BCUT2D eigenvalue weighted by atomic mass is 79.9. The number of rotatable bonds is 4. The molecule has 1 nitrogen and oxygen atoms in total. The molecule has 0 heterocycles. The maximum atomic E-state index is 5.14.